The monoisotopic (exact) mass is 945 g/mol. The van der Waals surface area contributed by atoms with E-state index in [4.69, 9.17) is 44.8 Å². The van der Waals surface area contributed by atoms with Crippen molar-refractivity contribution in [2.75, 3.05) is 12.7 Å². The van der Waals surface area contributed by atoms with Crippen molar-refractivity contribution < 1.29 is 76.9 Å². The van der Waals surface area contributed by atoms with Crippen LogP contribution in [0.1, 0.15) is 86.7 Å². The Morgan fingerprint density at radius 1 is 0.851 bits per heavy atom. The molecule has 3 aromatic rings. The molecule has 3 N–H and O–H groups in total. The number of Topliss-reactive ketones (excluding diaryl/α,β-unsaturated/α-hetero) is 1. The van der Waals surface area contributed by atoms with Gasteiger partial charge >= 0.3 is 30.0 Å². The van der Waals surface area contributed by atoms with Crippen molar-refractivity contribution in [2.45, 2.75) is 108 Å². The second-order valence-electron chi connectivity index (χ2n) is 18.0. The molecule has 1 heterocycles. The second kappa shape index (κ2) is 18.9. The second-order valence-corrected chi connectivity index (χ2v) is 18.2. The molecule has 7 rings (SSSR count). The van der Waals surface area contributed by atoms with E-state index in [2.05, 4.69) is 5.32 Å². The van der Waals surface area contributed by atoms with Crippen LogP contribution in [0.15, 0.2) is 102 Å². The lowest BCUT2D eigenvalue weighted by atomic mass is 9.44. The highest BCUT2D eigenvalue weighted by atomic mass is 35.5. The zero-order valence-corrected chi connectivity index (χ0v) is 38.4. The number of rotatable bonds is 12. The number of halogens is 1. The molecule has 3 fully saturated rings. The molecule has 67 heavy (non-hydrogen) atoms. The van der Waals surface area contributed by atoms with E-state index < -0.39 is 125 Å². The molecule has 11 atom stereocenters. The summed E-state index contributed by atoms with van der Waals surface area (Å²) in [6.45, 7) is 7.78. The Kier molecular flexibility index (Phi) is 13.7. The number of hydrogen-bond donors (Lipinski definition) is 3. The molecule has 1 amide bonds. The number of esters is 4. The van der Waals surface area contributed by atoms with Gasteiger partial charge in [0.2, 0.25) is 6.10 Å². The van der Waals surface area contributed by atoms with Crippen molar-refractivity contribution in [3.05, 3.63) is 119 Å². The normalized spacial score (nSPS) is 30.2. The fourth-order valence-electron chi connectivity index (χ4n) is 10.5. The molecule has 2 saturated carbocycles. The van der Waals surface area contributed by atoms with Crippen molar-refractivity contribution in [1.29, 1.82) is 0 Å². The van der Waals surface area contributed by atoms with E-state index in [-0.39, 0.29) is 40.9 Å². The number of ketones is 1. The van der Waals surface area contributed by atoms with Crippen LogP contribution in [-0.2, 0) is 52.3 Å². The molecular weight excluding hydrogens is 894 g/mol. The molecule has 0 radical (unpaired) electrons. The Bertz CT molecular complexity index is 2450. The summed E-state index contributed by atoms with van der Waals surface area (Å²) in [6.07, 6.45) is -12.3. The first kappa shape index (κ1) is 48.8. The fourth-order valence-corrected chi connectivity index (χ4v) is 10.6. The highest BCUT2D eigenvalue weighted by Crippen LogP contribution is 2.64. The topological polar surface area (TPSA) is 237 Å². The van der Waals surface area contributed by atoms with Gasteiger partial charge in [-0.1, -0.05) is 92.2 Å². The first-order chi connectivity index (χ1) is 31.7. The summed E-state index contributed by atoms with van der Waals surface area (Å²) in [5, 5.41) is 28.7. The van der Waals surface area contributed by atoms with Crippen molar-refractivity contribution >= 4 is 53.3 Å². The average molecular weight is 946 g/mol. The summed E-state index contributed by atoms with van der Waals surface area (Å²) < 4.78 is 41.0. The molecule has 2 unspecified atom stereocenters. The van der Waals surface area contributed by atoms with Crippen molar-refractivity contribution in [3.63, 3.8) is 0 Å². The molecule has 0 spiro atoms. The summed E-state index contributed by atoms with van der Waals surface area (Å²) in [4.78, 5) is 98.0. The number of aliphatic hydroxyl groups excluding tert-OH is 1. The molecular formula is C49H52ClNO16. The Morgan fingerprint density at radius 3 is 2.00 bits per heavy atom. The predicted molar refractivity (Wildman–Crippen MR) is 234 cm³/mol. The molecule has 3 aliphatic carbocycles. The van der Waals surface area contributed by atoms with Crippen LogP contribution < -0.4 is 5.32 Å². The van der Waals surface area contributed by atoms with Gasteiger partial charge < -0.3 is 48.7 Å². The maximum absolute atomic E-state index is 15.6. The van der Waals surface area contributed by atoms with Crippen molar-refractivity contribution in [3.8, 4) is 0 Å². The number of aliphatic hydroxyl groups is 2. The van der Waals surface area contributed by atoms with Gasteiger partial charge in [0.25, 0.3) is 5.91 Å². The SMILES string of the molecule is CC(=O)O[C@H]1C(=O)[C@@]2(C)C([C@H](OC(=O)c3ccccc3)[C@]3(O)C[C@H](OC(=O)[C@H](OC(=O)OCCl)[C@@H](NC(=O)c4ccccc4)c4ccccc4)C(C)=C1C3(C)C)[C@]1(OC(C)=O)COC1C[C@@H]2O. The predicted octanol–water partition coefficient (Wildman–Crippen LogP) is 5.09. The average Bonchev–Trinajstić information content (AvgIpc) is 3.29. The third kappa shape index (κ3) is 8.69. The first-order valence-electron chi connectivity index (χ1n) is 21.6. The number of nitrogens with one attached hydrogen (secondary N) is 1. The van der Waals surface area contributed by atoms with E-state index in [0.717, 1.165) is 13.8 Å². The molecule has 1 saturated heterocycles. The van der Waals surface area contributed by atoms with Crippen LogP contribution in [0.4, 0.5) is 4.79 Å². The number of ether oxygens (including phenoxy) is 7. The highest BCUT2D eigenvalue weighted by molar-refractivity contribution is 6.17. The zero-order valence-electron chi connectivity index (χ0n) is 37.6. The Balaban J connectivity index is 1.42. The minimum Gasteiger partial charge on any atom is -0.455 e. The van der Waals surface area contributed by atoms with Crippen LogP contribution in [0.2, 0.25) is 0 Å². The quantitative estimate of drug-likeness (QED) is 0.0928. The molecule has 18 heteroatoms. The number of carbonyl (C=O) groups excluding carboxylic acids is 7. The van der Waals surface area contributed by atoms with Gasteiger partial charge in [0.1, 0.15) is 30.0 Å². The minimum absolute atomic E-state index is 0.0372. The fraction of sp³-hybridized carbons (Fsp3) is 0.449. The van der Waals surface area contributed by atoms with Gasteiger partial charge in [-0.05, 0) is 54.8 Å². The van der Waals surface area contributed by atoms with Crippen LogP contribution in [0, 0.1) is 16.7 Å². The number of benzene rings is 3. The third-order valence-electron chi connectivity index (χ3n) is 13.9. The van der Waals surface area contributed by atoms with E-state index in [1.807, 2.05) is 0 Å². The molecule has 17 nitrogen and oxygen atoms in total. The van der Waals surface area contributed by atoms with Gasteiger partial charge in [-0.3, -0.25) is 19.2 Å². The van der Waals surface area contributed by atoms with Gasteiger partial charge in [0.05, 0.1) is 29.6 Å². The molecule has 3 aromatic carbocycles. The molecule has 0 aromatic heterocycles. The lowest BCUT2D eigenvalue weighted by Crippen LogP contribution is -2.82. The van der Waals surface area contributed by atoms with E-state index in [9.17, 15) is 39.0 Å². The van der Waals surface area contributed by atoms with Crippen LogP contribution in [0.5, 0.6) is 0 Å². The lowest BCUT2D eigenvalue weighted by molar-refractivity contribution is -0.346. The van der Waals surface area contributed by atoms with Crippen LogP contribution >= 0.6 is 11.6 Å². The number of carbonyl (C=O) groups is 7. The Morgan fingerprint density at radius 2 is 1.45 bits per heavy atom. The molecule has 4 aliphatic rings. The van der Waals surface area contributed by atoms with Crippen LogP contribution in [0.25, 0.3) is 0 Å². The summed E-state index contributed by atoms with van der Waals surface area (Å²) in [7, 11) is 0. The molecule has 356 valence electrons. The summed E-state index contributed by atoms with van der Waals surface area (Å²) in [5.74, 6) is -7.17. The summed E-state index contributed by atoms with van der Waals surface area (Å²) >= 11 is 5.71. The smallest absolute Gasteiger partial charge is 0.455 e. The lowest BCUT2D eigenvalue weighted by Gasteiger charge is -2.67. The van der Waals surface area contributed by atoms with E-state index in [1.54, 1.807) is 66.7 Å². The Labute approximate surface area is 391 Å². The first-order valence-corrected chi connectivity index (χ1v) is 22.2. The van der Waals surface area contributed by atoms with Gasteiger partial charge in [-0.15, -0.1) is 0 Å². The standard InChI is InChI=1S/C49H52ClNO16/c1-26-32(64-44(58)38(65-45(59)62-25-50)36(29-16-10-7-11-17-29)51-42(56)30-18-12-8-13-19-30)23-49(60)41(66-43(57)31-20-14-9-15-21-31)39-47(6,33(54)22-34-48(39,24-61-34)67-28(3)53)40(55)37(63-27(2)52)35(26)46(49,4)5/h7-21,32-34,36-39,41,54,60H,22-25H2,1-6H3,(H,51,56)/t32-,33-,34?,36-,37+,38+,39?,41-,47+,48-,49+/m0/s1. The van der Waals surface area contributed by atoms with E-state index >= 15 is 4.79 Å². The van der Waals surface area contributed by atoms with Crippen molar-refractivity contribution in [2.24, 2.45) is 16.7 Å². The van der Waals surface area contributed by atoms with Gasteiger partial charge in [0.15, 0.2) is 23.6 Å². The van der Waals surface area contributed by atoms with Gasteiger partial charge in [-0.2, -0.15) is 0 Å². The largest absolute Gasteiger partial charge is 0.510 e. The number of hydrogen-bond acceptors (Lipinski definition) is 16. The molecule has 2 bridgehead atoms. The van der Waals surface area contributed by atoms with E-state index in [1.165, 1.54) is 52.0 Å². The number of alkyl halides is 1. The van der Waals surface area contributed by atoms with Crippen LogP contribution in [-0.4, -0.2) is 112 Å². The number of amides is 1. The third-order valence-corrected chi connectivity index (χ3v) is 14.0. The maximum Gasteiger partial charge on any atom is 0.510 e. The Hall–Kier alpha value is -6.14. The summed E-state index contributed by atoms with van der Waals surface area (Å²) in [5.41, 5.74) is -7.56. The molecule has 1 aliphatic heterocycles. The van der Waals surface area contributed by atoms with Gasteiger partial charge in [-0.25, -0.2) is 14.4 Å². The zero-order chi connectivity index (χ0) is 48.6. The van der Waals surface area contributed by atoms with E-state index in [0.29, 0.717) is 0 Å². The number of fused-ring (bicyclic) bond motifs is 5. The van der Waals surface area contributed by atoms with Crippen molar-refractivity contribution in [1.82, 2.24) is 5.32 Å². The van der Waals surface area contributed by atoms with Gasteiger partial charge in [0, 0.05) is 37.7 Å². The van der Waals surface area contributed by atoms with Crippen LogP contribution in [0.3, 0.4) is 0 Å². The highest BCUT2D eigenvalue weighted by Gasteiger charge is 2.78. The maximum atomic E-state index is 15.6. The minimum atomic E-state index is -2.47. The summed E-state index contributed by atoms with van der Waals surface area (Å²) in [6, 6.07) is 21.7.